The van der Waals surface area contributed by atoms with Crippen LogP contribution in [0.3, 0.4) is 0 Å². The van der Waals surface area contributed by atoms with Gasteiger partial charge in [0.15, 0.2) is 5.78 Å². The van der Waals surface area contributed by atoms with Gasteiger partial charge in [0.25, 0.3) is 0 Å². The molecule has 1 aromatic carbocycles. The zero-order valence-corrected chi connectivity index (χ0v) is 9.61. The topological polar surface area (TPSA) is 17.1 Å². The SMILES string of the molecule is CC(=O)c1ccc(C(F)(F)F)c(F)c1I. The molecular weight excluding hydrogens is 327 g/mol. The van der Waals surface area contributed by atoms with E-state index in [9.17, 15) is 22.4 Å². The Hall–Kier alpha value is -0.660. The van der Waals surface area contributed by atoms with Crippen LogP contribution in [-0.4, -0.2) is 5.78 Å². The number of rotatable bonds is 1. The molecule has 15 heavy (non-hydrogen) atoms. The largest absolute Gasteiger partial charge is 0.419 e. The molecular formula is C9H5F4IO. The smallest absolute Gasteiger partial charge is 0.294 e. The standard InChI is InChI=1S/C9H5F4IO/c1-4(15)5-2-3-6(9(11,12)13)7(10)8(5)14/h2-3H,1H3. The van der Waals surface area contributed by atoms with Crippen molar-refractivity contribution in [1.82, 2.24) is 0 Å². The lowest BCUT2D eigenvalue weighted by Crippen LogP contribution is -2.11. The second-order valence-electron chi connectivity index (χ2n) is 2.84. The van der Waals surface area contributed by atoms with Crippen molar-refractivity contribution in [2.24, 2.45) is 0 Å². The minimum absolute atomic E-state index is 0.0406. The molecule has 6 heteroatoms. The molecule has 0 aliphatic heterocycles. The first-order valence-corrected chi connectivity index (χ1v) is 4.89. The molecule has 1 aromatic rings. The molecule has 0 heterocycles. The fourth-order valence-corrected chi connectivity index (χ4v) is 1.89. The summed E-state index contributed by atoms with van der Waals surface area (Å²) >= 11 is 1.39. The van der Waals surface area contributed by atoms with Gasteiger partial charge in [0, 0.05) is 5.56 Å². The molecule has 0 amide bonds. The Morgan fingerprint density at radius 2 is 1.87 bits per heavy atom. The maximum Gasteiger partial charge on any atom is 0.419 e. The molecule has 0 saturated heterocycles. The van der Waals surface area contributed by atoms with Crippen molar-refractivity contribution in [2.45, 2.75) is 13.1 Å². The van der Waals surface area contributed by atoms with Crippen LogP contribution < -0.4 is 0 Å². The van der Waals surface area contributed by atoms with Crippen LogP contribution in [0, 0.1) is 9.39 Å². The van der Waals surface area contributed by atoms with Crippen molar-refractivity contribution in [3.8, 4) is 0 Å². The number of hydrogen-bond donors (Lipinski definition) is 0. The highest BCUT2D eigenvalue weighted by Gasteiger charge is 2.35. The van der Waals surface area contributed by atoms with Gasteiger partial charge in [-0.3, -0.25) is 4.79 Å². The van der Waals surface area contributed by atoms with Gasteiger partial charge in [-0.15, -0.1) is 0 Å². The van der Waals surface area contributed by atoms with Gasteiger partial charge in [0.05, 0.1) is 9.13 Å². The molecule has 0 aromatic heterocycles. The highest BCUT2D eigenvalue weighted by molar-refractivity contribution is 14.1. The van der Waals surface area contributed by atoms with Crippen molar-refractivity contribution in [3.05, 3.63) is 32.6 Å². The van der Waals surface area contributed by atoms with E-state index in [1.807, 2.05) is 0 Å². The number of halogens is 5. The van der Waals surface area contributed by atoms with Gasteiger partial charge in [-0.25, -0.2) is 4.39 Å². The van der Waals surface area contributed by atoms with E-state index in [2.05, 4.69) is 0 Å². The second-order valence-corrected chi connectivity index (χ2v) is 3.92. The Morgan fingerprint density at radius 1 is 1.33 bits per heavy atom. The molecule has 0 atom stereocenters. The Bertz CT molecular complexity index is 411. The summed E-state index contributed by atoms with van der Waals surface area (Å²) in [6.07, 6.45) is -4.74. The van der Waals surface area contributed by atoms with Gasteiger partial charge < -0.3 is 0 Å². The lowest BCUT2D eigenvalue weighted by atomic mass is 10.1. The molecule has 0 aliphatic rings. The number of alkyl halides is 3. The molecule has 0 bridgehead atoms. The number of ketones is 1. The summed E-state index contributed by atoms with van der Waals surface area (Å²) in [5.74, 6) is -1.86. The Morgan fingerprint density at radius 3 is 2.27 bits per heavy atom. The van der Waals surface area contributed by atoms with Crippen LogP contribution >= 0.6 is 22.6 Å². The van der Waals surface area contributed by atoms with Crippen LogP contribution in [0.15, 0.2) is 12.1 Å². The van der Waals surface area contributed by atoms with Gasteiger partial charge >= 0.3 is 6.18 Å². The van der Waals surface area contributed by atoms with Crippen LogP contribution in [-0.2, 0) is 6.18 Å². The van der Waals surface area contributed by atoms with Crippen molar-refractivity contribution in [3.63, 3.8) is 0 Å². The molecule has 1 nitrogen and oxygen atoms in total. The Labute approximate surface area is 96.6 Å². The quantitative estimate of drug-likeness (QED) is 0.436. The fraction of sp³-hybridized carbons (Fsp3) is 0.222. The first-order chi connectivity index (χ1) is 6.75. The summed E-state index contributed by atoms with van der Waals surface area (Å²) in [4.78, 5) is 10.9. The number of hydrogen-bond acceptors (Lipinski definition) is 1. The predicted molar refractivity (Wildman–Crippen MR) is 54.1 cm³/mol. The van der Waals surface area contributed by atoms with Gasteiger partial charge in [-0.05, 0) is 41.6 Å². The minimum atomic E-state index is -4.74. The van der Waals surface area contributed by atoms with Gasteiger partial charge in [0.2, 0.25) is 0 Å². The van der Waals surface area contributed by atoms with Crippen molar-refractivity contribution in [1.29, 1.82) is 0 Å². The van der Waals surface area contributed by atoms with E-state index in [0.717, 1.165) is 6.07 Å². The molecule has 0 fully saturated rings. The first-order valence-electron chi connectivity index (χ1n) is 3.81. The predicted octanol–water partition coefficient (Wildman–Crippen LogP) is 3.65. The van der Waals surface area contributed by atoms with E-state index in [1.54, 1.807) is 0 Å². The number of Topliss-reactive ketones (excluding diaryl/α,β-unsaturated/α-hetero) is 1. The average molecular weight is 332 g/mol. The van der Waals surface area contributed by atoms with Crippen LogP contribution in [0.25, 0.3) is 0 Å². The van der Waals surface area contributed by atoms with Crippen LogP contribution in [0.5, 0.6) is 0 Å². The zero-order valence-electron chi connectivity index (χ0n) is 7.45. The summed E-state index contributed by atoms with van der Waals surface area (Å²) in [7, 11) is 0. The Kier molecular flexibility index (Phi) is 3.37. The third-order valence-electron chi connectivity index (χ3n) is 1.77. The van der Waals surface area contributed by atoms with Crippen molar-refractivity contribution in [2.75, 3.05) is 0 Å². The molecule has 82 valence electrons. The van der Waals surface area contributed by atoms with Gasteiger partial charge in [-0.1, -0.05) is 0 Å². The van der Waals surface area contributed by atoms with Crippen LogP contribution in [0.1, 0.15) is 22.8 Å². The van der Waals surface area contributed by atoms with Crippen LogP contribution in [0.4, 0.5) is 17.6 Å². The molecule has 0 N–H and O–H groups in total. The molecule has 0 aliphatic carbocycles. The minimum Gasteiger partial charge on any atom is -0.294 e. The van der Waals surface area contributed by atoms with Crippen molar-refractivity contribution >= 4 is 28.4 Å². The Balaban J connectivity index is 3.41. The molecule has 0 spiro atoms. The van der Waals surface area contributed by atoms with Gasteiger partial charge in [0.1, 0.15) is 5.82 Å². The first kappa shape index (κ1) is 12.4. The number of carbonyl (C=O) groups is 1. The molecule has 1 rings (SSSR count). The normalized spacial score (nSPS) is 11.6. The maximum atomic E-state index is 13.2. The fourth-order valence-electron chi connectivity index (χ4n) is 1.04. The van der Waals surface area contributed by atoms with E-state index >= 15 is 0 Å². The molecule has 0 radical (unpaired) electrons. The average Bonchev–Trinajstić information content (AvgIpc) is 2.06. The maximum absolute atomic E-state index is 13.2. The summed E-state index contributed by atoms with van der Waals surface area (Å²) in [6.45, 7) is 1.17. The van der Waals surface area contributed by atoms with E-state index in [1.165, 1.54) is 29.5 Å². The van der Waals surface area contributed by atoms with E-state index in [0.29, 0.717) is 6.07 Å². The lowest BCUT2D eigenvalue weighted by molar-refractivity contribution is -0.140. The highest BCUT2D eigenvalue weighted by atomic mass is 127. The summed E-state index contributed by atoms with van der Waals surface area (Å²) in [6, 6.07) is 1.56. The van der Waals surface area contributed by atoms with E-state index < -0.39 is 23.3 Å². The van der Waals surface area contributed by atoms with Crippen molar-refractivity contribution < 1.29 is 22.4 Å². The number of benzene rings is 1. The molecule has 0 saturated carbocycles. The summed E-state index contributed by atoms with van der Waals surface area (Å²) < 4.78 is 49.6. The summed E-state index contributed by atoms with van der Waals surface area (Å²) in [5.41, 5.74) is -1.39. The number of carbonyl (C=O) groups excluding carboxylic acids is 1. The third-order valence-corrected chi connectivity index (χ3v) is 2.82. The van der Waals surface area contributed by atoms with E-state index in [4.69, 9.17) is 0 Å². The lowest BCUT2D eigenvalue weighted by Gasteiger charge is -2.10. The molecule has 0 unspecified atom stereocenters. The van der Waals surface area contributed by atoms with Crippen LogP contribution in [0.2, 0.25) is 0 Å². The summed E-state index contributed by atoms with van der Waals surface area (Å²) in [5, 5.41) is 0. The third kappa shape index (κ3) is 2.47. The van der Waals surface area contributed by atoms with E-state index in [-0.39, 0.29) is 9.13 Å². The highest BCUT2D eigenvalue weighted by Crippen LogP contribution is 2.34. The zero-order chi connectivity index (χ0) is 11.8. The second kappa shape index (κ2) is 4.07. The monoisotopic (exact) mass is 332 g/mol. The van der Waals surface area contributed by atoms with Gasteiger partial charge in [-0.2, -0.15) is 13.2 Å².